The van der Waals surface area contributed by atoms with Gasteiger partial charge in [0.15, 0.2) is 6.61 Å². The number of hydrazine groups is 1. The highest BCUT2D eigenvalue weighted by atomic mass is 79.9. The van der Waals surface area contributed by atoms with E-state index in [0.29, 0.717) is 4.47 Å². The fourth-order valence-corrected chi connectivity index (χ4v) is 1.25. The molecule has 14 heavy (non-hydrogen) atoms. The Kier molecular flexibility index (Phi) is 3.84. The standard InChI is InChI=1S/C8H8BrFN2O2/c9-5-1-6(10)3-7(2-5)14-4-8(13)12-11/h1-3H,4,11H2,(H,12,13). The number of rotatable bonds is 3. The highest BCUT2D eigenvalue weighted by Crippen LogP contribution is 2.20. The van der Waals surface area contributed by atoms with Gasteiger partial charge in [0.25, 0.3) is 5.91 Å². The molecule has 76 valence electrons. The summed E-state index contributed by atoms with van der Waals surface area (Å²) in [5.74, 6) is 4.17. The Morgan fingerprint density at radius 3 is 2.86 bits per heavy atom. The minimum absolute atomic E-state index is 0.244. The number of carbonyl (C=O) groups is 1. The summed E-state index contributed by atoms with van der Waals surface area (Å²) < 4.78 is 18.3. The fraction of sp³-hybridized carbons (Fsp3) is 0.125. The molecular formula is C8H8BrFN2O2. The van der Waals surface area contributed by atoms with Crippen molar-refractivity contribution in [2.75, 3.05) is 6.61 Å². The fourth-order valence-electron chi connectivity index (χ4n) is 0.802. The Morgan fingerprint density at radius 2 is 2.29 bits per heavy atom. The van der Waals surface area contributed by atoms with Gasteiger partial charge in [-0.2, -0.15) is 0 Å². The molecule has 0 heterocycles. The third kappa shape index (κ3) is 3.31. The molecule has 0 radical (unpaired) electrons. The van der Waals surface area contributed by atoms with E-state index in [4.69, 9.17) is 10.6 Å². The molecular weight excluding hydrogens is 255 g/mol. The lowest BCUT2D eigenvalue weighted by Crippen LogP contribution is -2.34. The predicted octanol–water partition coefficient (Wildman–Crippen LogP) is 0.957. The summed E-state index contributed by atoms with van der Waals surface area (Å²) in [5.41, 5.74) is 1.90. The van der Waals surface area contributed by atoms with Gasteiger partial charge in [0, 0.05) is 10.5 Å². The zero-order valence-corrected chi connectivity index (χ0v) is 8.67. The molecule has 0 fully saturated rings. The quantitative estimate of drug-likeness (QED) is 0.485. The number of nitrogens with one attached hydrogen (secondary N) is 1. The predicted molar refractivity (Wildman–Crippen MR) is 51.9 cm³/mol. The number of halogens is 2. The van der Waals surface area contributed by atoms with Crippen molar-refractivity contribution in [3.63, 3.8) is 0 Å². The lowest BCUT2D eigenvalue weighted by molar-refractivity contribution is -0.123. The normalized spacial score (nSPS) is 9.64. The first-order valence-corrected chi connectivity index (χ1v) is 4.49. The molecule has 0 spiro atoms. The van der Waals surface area contributed by atoms with E-state index in [-0.39, 0.29) is 12.4 Å². The van der Waals surface area contributed by atoms with Gasteiger partial charge in [-0.25, -0.2) is 10.2 Å². The zero-order chi connectivity index (χ0) is 10.6. The van der Waals surface area contributed by atoms with Crippen LogP contribution in [0, 0.1) is 5.82 Å². The summed E-state index contributed by atoms with van der Waals surface area (Å²) in [6, 6.07) is 4.01. The van der Waals surface area contributed by atoms with Gasteiger partial charge in [-0.1, -0.05) is 15.9 Å². The third-order valence-corrected chi connectivity index (χ3v) is 1.82. The third-order valence-electron chi connectivity index (χ3n) is 1.37. The summed E-state index contributed by atoms with van der Waals surface area (Å²) in [6.45, 7) is -0.244. The molecule has 0 aromatic heterocycles. The first-order valence-electron chi connectivity index (χ1n) is 3.70. The summed E-state index contributed by atoms with van der Waals surface area (Å²) in [7, 11) is 0. The van der Waals surface area contributed by atoms with Gasteiger partial charge >= 0.3 is 0 Å². The lowest BCUT2D eigenvalue weighted by atomic mass is 10.3. The molecule has 0 saturated carbocycles. The summed E-state index contributed by atoms with van der Waals surface area (Å²) >= 11 is 3.09. The summed E-state index contributed by atoms with van der Waals surface area (Å²) in [4.78, 5) is 10.7. The highest BCUT2D eigenvalue weighted by molar-refractivity contribution is 9.10. The average Bonchev–Trinajstić information content (AvgIpc) is 2.12. The van der Waals surface area contributed by atoms with Crippen LogP contribution < -0.4 is 16.0 Å². The summed E-state index contributed by atoms with van der Waals surface area (Å²) in [5, 5.41) is 0. The van der Waals surface area contributed by atoms with Crippen LogP contribution in [-0.2, 0) is 4.79 Å². The molecule has 0 saturated heterocycles. The Morgan fingerprint density at radius 1 is 1.57 bits per heavy atom. The van der Waals surface area contributed by atoms with Crippen molar-refractivity contribution in [1.82, 2.24) is 5.43 Å². The zero-order valence-electron chi connectivity index (χ0n) is 7.09. The van der Waals surface area contributed by atoms with Crippen molar-refractivity contribution in [2.24, 2.45) is 5.84 Å². The van der Waals surface area contributed by atoms with E-state index in [1.807, 2.05) is 5.43 Å². The van der Waals surface area contributed by atoms with Gasteiger partial charge in [0.2, 0.25) is 0 Å². The molecule has 1 amide bonds. The monoisotopic (exact) mass is 262 g/mol. The van der Waals surface area contributed by atoms with E-state index in [1.165, 1.54) is 12.1 Å². The van der Waals surface area contributed by atoms with Gasteiger partial charge in [-0.05, 0) is 12.1 Å². The van der Waals surface area contributed by atoms with Gasteiger partial charge in [0.05, 0.1) is 0 Å². The Hall–Kier alpha value is -1.14. The maximum atomic E-state index is 12.8. The lowest BCUT2D eigenvalue weighted by Gasteiger charge is -2.05. The van der Waals surface area contributed by atoms with E-state index in [0.717, 1.165) is 0 Å². The SMILES string of the molecule is NNC(=O)COc1cc(F)cc(Br)c1. The largest absolute Gasteiger partial charge is 0.484 e. The maximum absolute atomic E-state index is 12.8. The van der Waals surface area contributed by atoms with Crippen LogP contribution in [0.25, 0.3) is 0 Å². The molecule has 0 unspecified atom stereocenters. The number of carbonyl (C=O) groups excluding carboxylic acids is 1. The van der Waals surface area contributed by atoms with E-state index in [2.05, 4.69) is 15.9 Å². The molecule has 3 N–H and O–H groups in total. The molecule has 4 nitrogen and oxygen atoms in total. The van der Waals surface area contributed by atoms with Crippen molar-refractivity contribution < 1.29 is 13.9 Å². The number of ether oxygens (including phenoxy) is 1. The van der Waals surface area contributed by atoms with Crippen LogP contribution in [0.4, 0.5) is 4.39 Å². The topological polar surface area (TPSA) is 64.3 Å². The van der Waals surface area contributed by atoms with Crippen LogP contribution in [0.3, 0.4) is 0 Å². The van der Waals surface area contributed by atoms with Gasteiger partial charge in [-0.15, -0.1) is 0 Å². The molecule has 1 aromatic carbocycles. The van der Waals surface area contributed by atoms with Crippen molar-refractivity contribution in [1.29, 1.82) is 0 Å². The molecule has 0 aliphatic carbocycles. The van der Waals surface area contributed by atoms with E-state index in [1.54, 1.807) is 6.07 Å². The number of nitrogens with two attached hydrogens (primary N) is 1. The second kappa shape index (κ2) is 4.92. The number of hydrogen-bond donors (Lipinski definition) is 2. The Labute approximate surface area is 88.3 Å². The first kappa shape index (κ1) is 10.9. The second-order valence-electron chi connectivity index (χ2n) is 2.46. The molecule has 6 heteroatoms. The Bertz CT molecular complexity index is 326. The van der Waals surface area contributed by atoms with Crippen molar-refractivity contribution >= 4 is 21.8 Å². The smallest absolute Gasteiger partial charge is 0.271 e. The maximum Gasteiger partial charge on any atom is 0.271 e. The van der Waals surface area contributed by atoms with E-state index in [9.17, 15) is 9.18 Å². The minimum atomic E-state index is -0.481. The molecule has 1 rings (SSSR count). The molecule has 1 aromatic rings. The molecule has 0 bridgehead atoms. The second-order valence-corrected chi connectivity index (χ2v) is 3.38. The van der Waals surface area contributed by atoms with Crippen molar-refractivity contribution in [3.8, 4) is 5.75 Å². The molecule has 0 aliphatic rings. The highest BCUT2D eigenvalue weighted by Gasteiger charge is 2.02. The van der Waals surface area contributed by atoms with Crippen LogP contribution >= 0.6 is 15.9 Å². The van der Waals surface area contributed by atoms with Crippen LogP contribution in [-0.4, -0.2) is 12.5 Å². The average molecular weight is 263 g/mol. The minimum Gasteiger partial charge on any atom is -0.484 e. The number of hydrogen-bond acceptors (Lipinski definition) is 3. The Balaban J connectivity index is 2.63. The van der Waals surface area contributed by atoms with Crippen LogP contribution in [0.2, 0.25) is 0 Å². The van der Waals surface area contributed by atoms with Crippen LogP contribution in [0.15, 0.2) is 22.7 Å². The van der Waals surface area contributed by atoms with E-state index >= 15 is 0 Å². The van der Waals surface area contributed by atoms with E-state index < -0.39 is 11.7 Å². The van der Waals surface area contributed by atoms with Gasteiger partial charge in [-0.3, -0.25) is 10.2 Å². The number of benzene rings is 1. The molecule has 0 aliphatic heterocycles. The van der Waals surface area contributed by atoms with Crippen molar-refractivity contribution in [3.05, 3.63) is 28.5 Å². The summed E-state index contributed by atoms with van der Waals surface area (Å²) in [6.07, 6.45) is 0. The molecule has 0 atom stereocenters. The van der Waals surface area contributed by atoms with Crippen molar-refractivity contribution in [2.45, 2.75) is 0 Å². The van der Waals surface area contributed by atoms with Crippen LogP contribution in [0.5, 0.6) is 5.75 Å². The van der Waals surface area contributed by atoms with Gasteiger partial charge in [0.1, 0.15) is 11.6 Å². The first-order chi connectivity index (χ1) is 6.61. The van der Waals surface area contributed by atoms with Crippen LogP contribution in [0.1, 0.15) is 0 Å². The number of amides is 1. The van der Waals surface area contributed by atoms with Gasteiger partial charge < -0.3 is 4.74 Å².